The number of hydrogen-bond donors (Lipinski definition) is 3. The fourth-order valence-electron chi connectivity index (χ4n) is 6.53. The number of carboxylic acid groups (broad SMARTS) is 1. The van der Waals surface area contributed by atoms with Crippen LogP contribution in [0.4, 0.5) is 8.78 Å². The first-order chi connectivity index (χ1) is 23.5. The van der Waals surface area contributed by atoms with E-state index in [1.807, 2.05) is 44.2 Å². The predicted octanol–water partition coefficient (Wildman–Crippen LogP) is 8.58. The van der Waals surface area contributed by atoms with Gasteiger partial charge in [-0.05, 0) is 75.4 Å². The van der Waals surface area contributed by atoms with Crippen LogP contribution in [0.15, 0.2) is 77.6 Å². The fraction of sp³-hybridized carbons (Fsp3) is 0.289. The molecule has 4 heterocycles. The van der Waals surface area contributed by atoms with Crippen molar-refractivity contribution >= 4 is 16.9 Å². The SMILES string of the molecule is CC1(C)OCCCC(C)(c2cccc(CCC(=O)O)c2)c2cnc([nH]2)-c2cc(ccc2F)Oc2c(F)cc3[nH]ccc3c2Cc2cnc1o2. The van der Waals surface area contributed by atoms with Crippen molar-refractivity contribution in [2.24, 2.45) is 0 Å². The number of aromatic amines is 2. The second-order valence-electron chi connectivity index (χ2n) is 13.2. The molecule has 7 rings (SSSR count). The third-order valence-corrected chi connectivity index (χ3v) is 9.34. The van der Waals surface area contributed by atoms with Crippen molar-refractivity contribution < 1.29 is 32.6 Å². The van der Waals surface area contributed by atoms with Crippen molar-refractivity contribution in [2.75, 3.05) is 6.61 Å². The van der Waals surface area contributed by atoms with Crippen LogP contribution in [0, 0.1) is 11.6 Å². The molecular weight excluding hydrogens is 630 g/mol. The van der Waals surface area contributed by atoms with Gasteiger partial charge in [-0.2, -0.15) is 0 Å². The Balaban J connectivity index is 1.34. The zero-order chi connectivity index (χ0) is 34.3. The lowest BCUT2D eigenvalue weighted by Gasteiger charge is -2.30. The minimum atomic E-state index is -0.864. The van der Waals surface area contributed by atoms with E-state index in [4.69, 9.17) is 13.9 Å². The van der Waals surface area contributed by atoms with Gasteiger partial charge in [0.1, 0.15) is 28.8 Å². The van der Waals surface area contributed by atoms with Crippen molar-refractivity contribution in [3.63, 3.8) is 0 Å². The van der Waals surface area contributed by atoms with E-state index in [1.165, 1.54) is 24.3 Å². The van der Waals surface area contributed by atoms with E-state index in [2.05, 4.69) is 26.9 Å². The molecule has 0 fully saturated rings. The van der Waals surface area contributed by atoms with Crippen LogP contribution in [0.25, 0.3) is 22.3 Å². The zero-order valence-corrected chi connectivity index (χ0v) is 27.4. The fourth-order valence-corrected chi connectivity index (χ4v) is 6.53. The maximum absolute atomic E-state index is 15.7. The molecule has 11 heteroatoms. The van der Waals surface area contributed by atoms with Crippen molar-refractivity contribution in [3.05, 3.63) is 119 Å². The molecule has 0 aliphatic carbocycles. The molecule has 0 amide bonds. The molecule has 252 valence electrons. The average Bonchev–Trinajstić information content (AvgIpc) is 3.86. The number of aryl methyl sites for hydroxylation is 1. The first-order valence-corrected chi connectivity index (χ1v) is 16.2. The molecule has 0 saturated heterocycles. The van der Waals surface area contributed by atoms with Crippen LogP contribution in [-0.2, 0) is 33.4 Å². The molecule has 1 unspecified atom stereocenters. The van der Waals surface area contributed by atoms with Gasteiger partial charge in [0.15, 0.2) is 11.6 Å². The molecular formula is C38H36F2N4O5. The van der Waals surface area contributed by atoms with Gasteiger partial charge in [-0.15, -0.1) is 0 Å². The van der Waals surface area contributed by atoms with E-state index in [0.717, 1.165) is 22.2 Å². The van der Waals surface area contributed by atoms with E-state index < -0.39 is 28.6 Å². The summed E-state index contributed by atoms with van der Waals surface area (Å²) in [6.07, 6.45) is 6.89. The van der Waals surface area contributed by atoms with E-state index >= 15 is 8.78 Å². The van der Waals surface area contributed by atoms with Crippen molar-refractivity contribution in [1.29, 1.82) is 0 Å². The molecule has 0 saturated carbocycles. The molecule has 6 aromatic rings. The number of carbonyl (C=O) groups is 1. The largest absolute Gasteiger partial charge is 0.481 e. The van der Waals surface area contributed by atoms with Crippen molar-refractivity contribution in [1.82, 2.24) is 19.9 Å². The van der Waals surface area contributed by atoms with Crippen LogP contribution in [0.5, 0.6) is 11.5 Å². The normalized spacial score (nSPS) is 17.8. The lowest BCUT2D eigenvalue weighted by molar-refractivity contribution is -0.136. The average molecular weight is 667 g/mol. The molecule has 49 heavy (non-hydrogen) atoms. The summed E-state index contributed by atoms with van der Waals surface area (Å²) in [6, 6.07) is 15.3. The minimum absolute atomic E-state index is 0.00785. The first kappa shape index (κ1) is 32.3. The second-order valence-corrected chi connectivity index (χ2v) is 13.2. The van der Waals surface area contributed by atoms with Crippen LogP contribution in [0.1, 0.15) is 74.1 Å². The minimum Gasteiger partial charge on any atom is -0.481 e. The van der Waals surface area contributed by atoms with Crippen LogP contribution < -0.4 is 4.74 Å². The van der Waals surface area contributed by atoms with Gasteiger partial charge >= 0.3 is 5.97 Å². The molecule has 3 aromatic heterocycles. The Morgan fingerprint density at radius 1 is 1.02 bits per heavy atom. The number of oxazole rings is 1. The molecule has 3 N–H and O–H groups in total. The summed E-state index contributed by atoms with van der Waals surface area (Å²) in [7, 11) is 0. The van der Waals surface area contributed by atoms with Crippen LogP contribution in [0.3, 0.4) is 0 Å². The number of benzene rings is 3. The highest BCUT2D eigenvalue weighted by Crippen LogP contribution is 2.40. The van der Waals surface area contributed by atoms with Gasteiger partial charge in [0.05, 0.1) is 11.8 Å². The first-order valence-electron chi connectivity index (χ1n) is 16.2. The van der Waals surface area contributed by atoms with Gasteiger partial charge in [0.25, 0.3) is 0 Å². The van der Waals surface area contributed by atoms with E-state index in [0.29, 0.717) is 48.6 Å². The van der Waals surface area contributed by atoms with Gasteiger partial charge in [0.2, 0.25) is 5.89 Å². The van der Waals surface area contributed by atoms with E-state index in [-0.39, 0.29) is 35.7 Å². The topological polar surface area (TPSA) is 126 Å². The van der Waals surface area contributed by atoms with Gasteiger partial charge in [-0.25, -0.2) is 18.7 Å². The number of ether oxygens (including phenoxy) is 2. The Morgan fingerprint density at radius 2 is 1.88 bits per heavy atom. The van der Waals surface area contributed by atoms with Crippen LogP contribution >= 0.6 is 0 Å². The molecule has 1 atom stereocenters. The van der Waals surface area contributed by atoms with Crippen LogP contribution in [-0.4, -0.2) is 37.6 Å². The summed E-state index contributed by atoms with van der Waals surface area (Å²) in [5, 5.41) is 10.0. The van der Waals surface area contributed by atoms with Gasteiger partial charge in [-0.1, -0.05) is 24.3 Å². The molecule has 3 aromatic carbocycles. The highest BCUT2D eigenvalue weighted by molar-refractivity contribution is 5.86. The number of aliphatic carboxylic acids is 1. The third kappa shape index (κ3) is 6.33. The van der Waals surface area contributed by atoms with Gasteiger partial charge in [-0.3, -0.25) is 4.79 Å². The number of carboxylic acids is 1. The lowest BCUT2D eigenvalue weighted by Crippen LogP contribution is -2.27. The zero-order valence-electron chi connectivity index (χ0n) is 27.4. The number of fused-ring (bicyclic) bond motifs is 10. The standard InChI is InChI=1S/C38H36F2N4O5/c1-37(2)36-43-20-25(49-36)18-27-26-12-14-41-31(26)19-30(40)34(27)48-24-9-10-29(39)28(17-24)35-42-21-32(44-35)38(3,13-5-15-47-37)23-7-4-6-22(16-23)8-11-33(45)46/h4,6-7,9-10,12,14,16-17,19-21,41H,5,8,11,13,15,18H2,1-3H3,(H,42,44)(H,45,46). The second kappa shape index (κ2) is 12.6. The number of halogens is 2. The smallest absolute Gasteiger partial charge is 0.303 e. The van der Waals surface area contributed by atoms with E-state index in [9.17, 15) is 9.90 Å². The lowest BCUT2D eigenvalue weighted by atomic mass is 9.75. The van der Waals surface area contributed by atoms with Crippen LogP contribution in [0.2, 0.25) is 0 Å². The summed E-state index contributed by atoms with van der Waals surface area (Å²) in [6.45, 7) is 6.23. The molecule has 1 aliphatic heterocycles. The number of H-pyrrole nitrogens is 2. The Kier molecular flexibility index (Phi) is 8.32. The third-order valence-electron chi connectivity index (χ3n) is 9.34. The summed E-state index contributed by atoms with van der Waals surface area (Å²) >= 11 is 0. The maximum atomic E-state index is 15.7. The van der Waals surface area contributed by atoms with Gasteiger partial charge in [0, 0.05) is 65.5 Å². The number of aromatic nitrogens is 4. The molecule has 0 spiro atoms. The highest BCUT2D eigenvalue weighted by atomic mass is 19.1. The monoisotopic (exact) mass is 666 g/mol. The number of hydrogen-bond acceptors (Lipinski definition) is 6. The predicted molar refractivity (Wildman–Crippen MR) is 179 cm³/mol. The number of rotatable bonds is 4. The van der Waals surface area contributed by atoms with Crippen molar-refractivity contribution in [3.8, 4) is 22.9 Å². The Bertz CT molecular complexity index is 2170. The quantitative estimate of drug-likeness (QED) is 0.172. The van der Waals surface area contributed by atoms with Crippen molar-refractivity contribution in [2.45, 2.75) is 63.9 Å². The Labute approximate surface area is 281 Å². The summed E-state index contributed by atoms with van der Waals surface area (Å²) < 4.78 is 49.9. The number of imidazole rings is 1. The highest BCUT2D eigenvalue weighted by Gasteiger charge is 2.33. The van der Waals surface area contributed by atoms with Gasteiger partial charge < -0.3 is 29.0 Å². The summed E-state index contributed by atoms with van der Waals surface area (Å²) in [5.74, 6) is -0.584. The summed E-state index contributed by atoms with van der Waals surface area (Å²) in [4.78, 5) is 26.8. The number of nitrogens with one attached hydrogen (secondary N) is 2. The van der Waals surface area contributed by atoms with E-state index in [1.54, 1.807) is 18.6 Å². The molecule has 9 nitrogen and oxygen atoms in total. The molecule has 1 aliphatic rings. The summed E-state index contributed by atoms with van der Waals surface area (Å²) in [5.41, 5.74) is 2.39. The Hall–Kier alpha value is -5.29. The number of nitrogens with zero attached hydrogens (tertiary/aromatic N) is 2. The molecule has 0 radical (unpaired) electrons. The maximum Gasteiger partial charge on any atom is 0.303 e. The molecule has 6 bridgehead atoms. The Morgan fingerprint density at radius 3 is 2.71 bits per heavy atom.